The zero-order chi connectivity index (χ0) is 33.1. The Morgan fingerprint density at radius 3 is 2.43 bits per heavy atom. The summed E-state index contributed by atoms with van der Waals surface area (Å²) in [5.74, 6) is -9.74. The van der Waals surface area contributed by atoms with Crippen LogP contribution in [-0.2, 0) is 36.9 Å². The Bertz CT molecular complexity index is 1730. The summed E-state index contributed by atoms with van der Waals surface area (Å²) in [4.78, 5) is 68.4. The molecule has 240 valence electrons. The van der Waals surface area contributed by atoms with Gasteiger partial charge in [-0.3, -0.25) is 28.9 Å². The summed E-state index contributed by atoms with van der Waals surface area (Å²) in [6.45, 7) is 3.79. The van der Waals surface area contributed by atoms with Crippen LogP contribution in [0.25, 0.3) is 11.1 Å². The van der Waals surface area contributed by atoms with E-state index in [1.165, 1.54) is 11.0 Å². The number of nitrogens with one attached hydrogen (secondary N) is 1. The van der Waals surface area contributed by atoms with Crippen molar-refractivity contribution in [3.05, 3.63) is 76.6 Å². The standard InChI is InChI=1S/C35H37N3O8/c1-17-10-11-46-21(12-17)16-37-15-18-4-6-19(7-5-18)22-8-9-25(39)27-23(22)13-20-14-24-29(38(2)3)31(41)28(34(36)44)33(43)35(24,45)32(42)26(20)30(27)40/h4-10,12,20,24,26,28-29,37,39,45H,11,13-16H2,1-3H3,(H2,36,44)/t20-,24-,26?,28?,29-,35-/m0/s1. The molecule has 1 amide bonds. The SMILES string of the molecule is CC1=CCOC(CNCc2ccc(-c3ccc(O)c4c3C[C@H]3C[C@H]5[C@H](N(C)C)C(=O)C(C(N)=O)C(=O)[C@@]5(O)C(=O)C3C4=O)cc2)=C1. The molecule has 0 bridgehead atoms. The summed E-state index contributed by atoms with van der Waals surface area (Å²) >= 11 is 0. The van der Waals surface area contributed by atoms with Crippen molar-refractivity contribution in [1.82, 2.24) is 10.2 Å². The lowest BCUT2D eigenvalue weighted by atomic mass is 9.52. The lowest BCUT2D eigenvalue weighted by Crippen LogP contribution is -2.74. The van der Waals surface area contributed by atoms with E-state index in [0.29, 0.717) is 30.8 Å². The average molecular weight is 628 g/mol. The highest BCUT2D eigenvalue weighted by Gasteiger charge is 2.69. The van der Waals surface area contributed by atoms with Gasteiger partial charge in [0, 0.05) is 12.5 Å². The zero-order valence-corrected chi connectivity index (χ0v) is 25.9. The second-order valence-corrected chi connectivity index (χ2v) is 12.9. The number of rotatable bonds is 7. The molecule has 4 aliphatic rings. The minimum atomic E-state index is -2.75. The Morgan fingerprint density at radius 2 is 1.78 bits per heavy atom. The van der Waals surface area contributed by atoms with Crippen molar-refractivity contribution < 1.29 is 38.9 Å². The average Bonchev–Trinajstić information content (AvgIpc) is 2.99. The number of phenolic OH excluding ortho intramolecular Hbond substituents is 1. The number of primary amides is 1. The molecule has 1 heterocycles. The Hall–Kier alpha value is -4.45. The molecule has 6 rings (SSSR count). The fourth-order valence-electron chi connectivity index (χ4n) is 7.74. The van der Waals surface area contributed by atoms with Gasteiger partial charge in [-0.1, -0.05) is 30.3 Å². The largest absolute Gasteiger partial charge is 0.507 e. The second-order valence-electron chi connectivity index (χ2n) is 12.9. The van der Waals surface area contributed by atoms with Crippen LogP contribution in [0, 0.1) is 23.7 Å². The number of nitrogens with two attached hydrogens (primary N) is 1. The van der Waals surface area contributed by atoms with Gasteiger partial charge < -0.3 is 26.0 Å². The molecule has 2 aromatic rings. The first kappa shape index (κ1) is 31.5. The third kappa shape index (κ3) is 4.99. The van der Waals surface area contributed by atoms with Gasteiger partial charge in [0.2, 0.25) is 5.91 Å². The van der Waals surface area contributed by atoms with Crippen molar-refractivity contribution >= 4 is 29.0 Å². The highest BCUT2D eigenvalue weighted by molar-refractivity contribution is 6.32. The molecule has 3 aliphatic carbocycles. The van der Waals surface area contributed by atoms with Crippen LogP contribution in [0.1, 0.15) is 34.8 Å². The molecule has 5 N–H and O–H groups in total. The Kier molecular flexibility index (Phi) is 8.04. The topological polar surface area (TPSA) is 176 Å². The quantitative estimate of drug-likeness (QED) is 0.329. The number of benzene rings is 2. The maximum absolute atomic E-state index is 14.0. The maximum Gasteiger partial charge on any atom is 0.235 e. The fraction of sp³-hybridized carbons (Fsp3) is 0.400. The molecule has 2 fully saturated rings. The van der Waals surface area contributed by atoms with Crippen LogP contribution in [0.5, 0.6) is 5.75 Å². The molecule has 0 saturated heterocycles. The first-order chi connectivity index (χ1) is 21.8. The van der Waals surface area contributed by atoms with Gasteiger partial charge >= 0.3 is 0 Å². The first-order valence-electron chi connectivity index (χ1n) is 15.3. The van der Waals surface area contributed by atoms with Gasteiger partial charge in [-0.2, -0.15) is 0 Å². The van der Waals surface area contributed by atoms with E-state index in [2.05, 4.69) is 5.32 Å². The number of ether oxygens (including phenoxy) is 1. The number of amides is 1. The third-order valence-corrected chi connectivity index (χ3v) is 9.90. The van der Waals surface area contributed by atoms with Crippen LogP contribution >= 0.6 is 0 Å². The van der Waals surface area contributed by atoms with Gasteiger partial charge in [0.1, 0.15) is 18.1 Å². The number of aromatic hydroxyl groups is 1. The number of allylic oxidation sites excluding steroid dienone is 2. The molecule has 1 aliphatic heterocycles. The number of Topliss-reactive ketones (excluding diaryl/α,β-unsaturated/α-hetero) is 4. The van der Waals surface area contributed by atoms with E-state index in [-0.39, 0.29) is 24.2 Å². The molecule has 11 nitrogen and oxygen atoms in total. The minimum Gasteiger partial charge on any atom is -0.507 e. The van der Waals surface area contributed by atoms with Crippen LogP contribution in [0.3, 0.4) is 0 Å². The number of fused-ring (bicyclic) bond motifs is 3. The molecular weight excluding hydrogens is 590 g/mol. The smallest absolute Gasteiger partial charge is 0.235 e. The van der Waals surface area contributed by atoms with E-state index < -0.39 is 64.4 Å². The van der Waals surface area contributed by atoms with E-state index in [1.54, 1.807) is 20.2 Å². The number of carbonyl (C=O) groups excluding carboxylic acids is 5. The van der Waals surface area contributed by atoms with Gasteiger partial charge in [-0.15, -0.1) is 0 Å². The number of hydrogen-bond acceptors (Lipinski definition) is 10. The molecule has 0 radical (unpaired) electrons. The van der Waals surface area contributed by atoms with E-state index in [4.69, 9.17) is 10.5 Å². The molecule has 0 spiro atoms. The number of ketones is 4. The van der Waals surface area contributed by atoms with Gasteiger partial charge in [-0.25, -0.2) is 0 Å². The van der Waals surface area contributed by atoms with Crippen molar-refractivity contribution in [2.45, 2.75) is 38.0 Å². The van der Waals surface area contributed by atoms with Crippen LogP contribution in [0.15, 0.2) is 59.9 Å². The minimum absolute atomic E-state index is 0.000929. The van der Waals surface area contributed by atoms with Crippen molar-refractivity contribution in [2.24, 2.45) is 29.4 Å². The number of phenols is 1. The highest BCUT2D eigenvalue weighted by atomic mass is 16.5. The number of hydrogen-bond donors (Lipinski definition) is 4. The van der Waals surface area contributed by atoms with Gasteiger partial charge in [-0.05, 0) is 85.8 Å². The molecule has 2 unspecified atom stereocenters. The summed E-state index contributed by atoms with van der Waals surface area (Å²) in [6, 6.07) is 9.78. The molecule has 2 saturated carbocycles. The number of nitrogens with zero attached hydrogens (tertiary/aromatic N) is 1. The summed E-state index contributed by atoms with van der Waals surface area (Å²) in [7, 11) is 3.12. The zero-order valence-electron chi connectivity index (χ0n) is 25.9. The Morgan fingerprint density at radius 1 is 1.07 bits per heavy atom. The Labute approximate surface area is 266 Å². The lowest BCUT2D eigenvalue weighted by molar-refractivity contribution is -0.181. The monoisotopic (exact) mass is 627 g/mol. The highest BCUT2D eigenvalue weighted by Crippen LogP contribution is 2.51. The normalized spacial score (nSPS) is 28.9. The lowest BCUT2D eigenvalue weighted by Gasteiger charge is -2.52. The van der Waals surface area contributed by atoms with Crippen LogP contribution in [0.4, 0.5) is 0 Å². The molecule has 11 heteroatoms. The summed E-state index contributed by atoms with van der Waals surface area (Å²) in [6.07, 6.45) is 4.21. The van der Waals surface area contributed by atoms with E-state index >= 15 is 0 Å². The van der Waals surface area contributed by atoms with Crippen molar-refractivity contribution in [2.75, 3.05) is 27.2 Å². The molecule has 0 aromatic heterocycles. The Balaban J connectivity index is 1.30. The van der Waals surface area contributed by atoms with Crippen molar-refractivity contribution in [1.29, 1.82) is 0 Å². The van der Waals surface area contributed by atoms with E-state index in [0.717, 1.165) is 22.5 Å². The van der Waals surface area contributed by atoms with Gasteiger partial charge in [0.25, 0.3) is 0 Å². The summed E-state index contributed by atoms with van der Waals surface area (Å²) < 4.78 is 5.64. The van der Waals surface area contributed by atoms with Gasteiger partial charge in [0.05, 0.1) is 24.1 Å². The van der Waals surface area contributed by atoms with Crippen LogP contribution in [-0.4, -0.2) is 83.0 Å². The van der Waals surface area contributed by atoms with E-state index in [9.17, 15) is 34.2 Å². The molecule has 46 heavy (non-hydrogen) atoms. The third-order valence-electron chi connectivity index (χ3n) is 9.90. The van der Waals surface area contributed by atoms with Gasteiger partial charge in [0.15, 0.2) is 34.7 Å². The predicted molar refractivity (Wildman–Crippen MR) is 166 cm³/mol. The number of carbonyl (C=O) groups is 5. The molecular formula is C35H37N3O8. The fourth-order valence-corrected chi connectivity index (χ4v) is 7.74. The maximum atomic E-state index is 14.0. The summed E-state index contributed by atoms with van der Waals surface area (Å²) in [5.41, 5.74) is 6.89. The second kappa shape index (κ2) is 11.7. The number of aliphatic hydroxyl groups is 1. The molecule has 6 atom stereocenters. The summed E-state index contributed by atoms with van der Waals surface area (Å²) in [5, 5.41) is 26.0. The van der Waals surface area contributed by atoms with Crippen molar-refractivity contribution in [3.8, 4) is 16.9 Å². The van der Waals surface area contributed by atoms with Crippen molar-refractivity contribution in [3.63, 3.8) is 0 Å². The predicted octanol–water partition coefficient (Wildman–Crippen LogP) is 1.48. The molecule has 2 aromatic carbocycles. The van der Waals surface area contributed by atoms with E-state index in [1.807, 2.05) is 43.3 Å². The number of likely N-dealkylation sites (N-methyl/N-ethyl adjacent to an activating group) is 1. The van der Waals surface area contributed by atoms with Crippen LogP contribution in [0.2, 0.25) is 0 Å². The first-order valence-corrected chi connectivity index (χ1v) is 15.3. The van der Waals surface area contributed by atoms with Crippen LogP contribution < -0.4 is 11.1 Å².